The van der Waals surface area contributed by atoms with Crippen molar-refractivity contribution in [2.45, 2.75) is 12.6 Å². The Labute approximate surface area is 145 Å². The largest absolute Gasteiger partial charge is 0.497 e. The third-order valence-electron chi connectivity index (χ3n) is 4.22. The Morgan fingerprint density at radius 3 is 2.76 bits per heavy atom. The van der Waals surface area contributed by atoms with Crippen molar-refractivity contribution in [3.63, 3.8) is 0 Å². The molecule has 2 aromatic carbocycles. The van der Waals surface area contributed by atoms with Crippen molar-refractivity contribution in [1.29, 1.82) is 0 Å². The molecule has 132 valence electrons. The summed E-state index contributed by atoms with van der Waals surface area (Å²) in [5.74, 6) is 0.916. The molecule has 0 aromatic heterocycles. The highest BCUT2D eigenvalue weighted by atomic mass is 19.1. The predicted octanol–water partition coefficient (Wildman–Crippen LogP) is 2.94. The molecule has 1 amide bonds. The van der Waals surface area contributed by atoms with Crippen molar-refractivity contribution in [1.82, 2.24) is 4.90 Å². The summed E-state index contributed by atoms with van der Waals surface area (Å²) < 4.78 is 29.6. The number of carbonyl (C=O) groups is 1. The van der Waals surface area contributed by atoms with Gasteiger partial charge in [-0.3, -0.25) is 4.79 Å². The second-order valence-electron chi connectivity index (χ2n) is 5.81. The van der Waals surface area contributed by atoms with Crippen LogP contribution in [0.4, 0.5) is 4.39 Å². The molecule has 0 spiro atoms. The van der Waals surface area contributed by atoms with Gasteiger partial charge in [-0.15, -0.1) is 0 Å². The molecule has 2 aromatic rings. The van der Waals surface area contributed by atoms with Gasteiger partial charge in [-0.25, -0.2) is 4.39 Å². The molecule has 5 nitrogen and oxygen atoms in total. The number of benzene rings is 2. The lowest BCUT2D eigenvalue weighted by molar-refractivity contribution is -0.150. The number of nitrogens with zero attached hydrogens (tertiary/aromatic N) is 1. The zero-order valence-corrected chi connectivity index (χ0v) is 14.2. The number of hydrogen-bond acceptors (Lipinski definition) is 4. The Kier molecular flexibility index (Phi) is 5.19. The van der Waals surface area contributed by atoms with Crippen LogP contribution in [0.25, 0.3) is 0 Å². The van der Waals surface area contributed by atoms with Crippen LogP contribution in [0.1, 0.15) is 17.2 Å². The number of rotatable bonds is 5. The highest BCUT2D eigenvalue weighted by Gasteiger charge is 2.28. The minimum Gasteiger partial charge on any atom is -0.497 e. The molecule has 1 saturated heterocycles. The van der Waals surface area contributed by atoms with Gasteiger partial charge in [0.2, 0.25) is 5.91 Å². The van der Waals surface area contributed by atoms with E-state index in [9.17, 15) is 9.18 Å². The molecule has 1 aliphatic rings. The summed E-state index contributed by atoms with van der Waals surface area (Å²) in [7, 11) is 3.17. The maximum atomic E-state index is 13.4. The van der Waals surface area contributed by atoms with Crippen LogP contribution < -0.4 is 9.47 Å². The van der Waals surface area contributed by atoms with E-state index in [1.165, 1.54) is 12.1 Å². The molecule has 1 heterocycles. The van der Waals surface area contributed by atoms with E-state index in [0.717, 1.165) is 11.1 Å². The molecule has 0 bridgehead atoms. The number of carbonyl (C=O) groups excluding carboxylic acids is 1. The second-order valence-corrected chi connectivity index (χ2v) is 5.81. The first kappa shape index (κ1) is 17.2. The van der Waals surface area contributed by atoms with Crippen LogP contribution in [-0.2, 0) is 16.1 Å². The third kappa shape index (κ3) is 3.91. The summed E-state index contributed by atoms with van der Waals surface area (Å²) in [6.07, 6.45) is -0.349. The smallest absolute Gasteiger partial charge is 0.249 e. The van der Waals surface area contributed by atoms with Gasteiger partial charge in [-0.2, -0.15) is 0 Å². The normalized spacial score (nSPS) is 17.5. The van der Waals surface area contributed by atoms with Crippen molar-refractivity contribution in [3.8, 4) is 11.5 Å². The third-order valence-corrected chi connectivity index (χ3v) is 4.22. The molecule has 6 heteroatoms. The van der Waals surface area contributed by atoms with E-state index in [1.54, 1.807) is 37.3 Å². The topological polar surface area (TPSA) is 48.0 Å². The number of methoxy groups -OCH3 is 2. The monoisotopic (exact) mass is 345 g/mol. The van der Waals surface area contributed by atoms with Gasteiger partial charge in [0.1, 0.15) is 30.0 Å². The summed E-state index contributed by atoms with van der Waals surface area (Å²) in [4.78, 5) is 13.9. The minimum atomic E-state index is -0.349. The molecular formula is C19H20FNO4. The highest BCUT2D eigenvalue weighted by Crippen LogP contribution is 2.29. The molecule has 3 rings (SSSR count). The predicted molar refractivity (Wildman–Crippen MR) is 90.1 cm³/mol. The molecule has 1 fully saturated rings. The van der Waals surface area contributed by atoms with E-state index in [2.05, 4.69) is 0 Å². The molecule has 0 saturated carbocycles. The van der Waals surface area contributed by atoms with Gasteiger partial charge in [0, 0.05) is 18.2 Å². The van der Waals surface area contributed by atoms with Crippen molar-refractivity contribution in [2.24, 2.45) is 0 Å². The fourth-order valence-corrected chi connectivity index (χ4v) is 2.87. The molecule has 0 N–H and O–H groups in total. The summed E-state index contributed by atoms with van der Waals surface area (Å²) in [6, 6.07) is 11.7. The number of morpholine rings is 1. The van der Waals surface area contributed by atoms with Gasteiger partial charge in [-0.1, -0.05) is 12.1 Å². The Hall–Kier alpha value is -2.60. The SMILES string of the molecule is COc1ccc(CN2C[C@@H](c3cccc(F)c3)OCC2=O)c(OC)c1. The molecule has 0 aliphatic carbocycles. The van der Waals surface area contributed by atoms with Crippen LogP contribution in [0.2, 0.25) is 0 Å². The zero-order chi connectivity index (χ0) is 17.8. The van der Waals surface area contributed by atoms with Crippen molar-refractivity contribution in [3.05, 3.63) is 59.4 Å². The lowest BCUT2D eigenvalue weighted by Crippen LogP contribution is -2.42. The van der Waals surface area contributed by atoms with Crippen molar-refractivity contribution in [2.75, 3.05) is 27.4 Å². The molecule has 1 atom stereocenters. The average Bonchev–Trinajstić information content (AvgIpc) is 2.63. The van der Waals surface area contributed by atoms with Gasteiger partial charge < -0.3 is 19.1 Å². The Balaban J connectivity index is 1.78. The van der Waals surface area contributed by atoms with E-state index in [4.69, 9.17) is 14.2 Å². The van der Waals surface area contributed by atoms with E-state index in [0.29, 0.717) is 24.6 Å². The number of halogens is 1. The van der Waals surface area contributed by atoms with Crippen LogP contribution >= 0.6 is 0 Å². The molecular weight excluding hydrogens is 325 g/mol. The summed E-state index contributed by atoms with van der Waals surface area (Å²) in [6.45, 7) is 0.721. The summed E-state index contributed by atoms with van der Waals surface area (Å²) >= 11 is 0. The molecule has 0 radical (unpaired) electrons. The Morgan fingerprint density at radius 1 is 1.20 bits per heavy atom. The van der Waals surface area contributed by atoms with Crippen LogP contribution in [0, 0.1) is 5.82 Å². The van der Waals surface area contributed by atoms with Gasteiger partial charge in [-0.05, 0) is 29.8 Å². The van der Waals surface area contributed by atoms with Gasteiger partial charge in [0.25, 0.3) is 0 Å². The Morgan fingerprint density at radius 2 is 2.04 bits per heavy atom. The number of ether oxygens (including phenoxy) is 3. The average molecular weight is 345 g/mol. The van der Waals surface area contributed by atoms with Crippen LogP contribution in [0.15, 0.2) is 42.5 Å². The maximum absolute atomic E-state index is 13.4. The fourth-order valence-electron chi connectivity index (χ4n) is 2.87. The summed E-state index contributed by atoms with van der Waals surface area (Å²) in [5, 5.41) is 0. The van der Waals surface area contributed by atoms with Crippen LogP contribution in [0.5, 0.6) is 11.5 Å². The zero-order valence-electron chi connectivity index (χ0n) is 14.2. The van der Waals surface area contributed by atoms with Crippen LogP contribution in [0.3, 0.4) is 0 Å². The lowest BCUT2D eigenvalue weighted by atomic mass is 10.1. The summed E-state index contributed by atoms with van der Waals surface area (Å²) in [5.41, 5.74) is 1.59. The van der Waals surface area contributed by atoms with Crippen molar-refractivity contribution >= 4 is 5.91 Å². The number of amides is 1. The Bertz CT molecular complexity index is 765. The molecule has 0 unspecified atom stereocenters. The van der Waals surface area contributed by atoms with E-state index < -0.39 is 0 Å². The van der Waals surface area contributed by atoms with Gasteiger partial charge in [0.05, 0.1) is 20.8 Å². The highest BCUT2D eigenvalue weighted by molar-refractivity contribution is 5.78. The van der Waals surface area contributed by atoms with E-state index in [1.807, 2.05) is 12.1 Å². The first-order valence-corrected chi connectivity index (χ1v) is 7.96. The minimum absolute atomic E-state index is 0.0281. The van der Waals surface area contributed by atoms with Gasteiger partial charge in [0.15, 0.2) is 0 Å². The van der Waals surface area contributed by atoms with Crippen LogP contribution in [-0.4, -0.2) is 38.2 Å². The maximum Gasteiger partial charge on any atom is 0.249 e. The quantitative estimate of drug-likeness (QED) is 0.836. The van der Waals surface area contributed by atoms with E-state index in [-0.39, 0.29) is 24.4 Å². The van der Waals surface area contributed by atoms with E-state index >= 15 is 0 Å². The second kappa shape index (κ2) is 7.53. The molecule has 25 heavy (non-hydrogen) atoms. The van der Waals surface area contributed by atoms with Gasteiger partial charge >= 0.3 is 0 Å². The first-order chi connectivity index (χ1) is 12.1. The van der Waals surface area contributed by atoms with Crippen molar-refractivity contribution < 1.29 is 23.4 Å². The lowest BCUT2D eigenvalue weighted by Gasteiger charge is -2.33. The first-order valence-electron chi connectivity index (χ1n) is 7.96. The standard InChI is InChI=1S/C19H20FNO4/c1-23-16-7-6-14(17(9-16)24-2)10-21-11-18(25-12-19(21)22)13-4-3-5-15(20)8-13/h3-9,18H,10-12H2,1-2H3/t18-/m0/s1. The fraction of sp³-hybridized carbons (Fsp3) is 0.316. The molecule has 1 aliphatic heterocycles. The number of hydrogen-bond donors (Lipinski definition) is 0.